The summed E-state index contributed by atoms with van der Waals surface area (Å²) in [5, 5.41) is 3.70. The largest absolute Gasteiger partial charge is 0.416 e. The van der Waals surface area contributed by atoms with Gasteiger partial charge >= 0.3 is 6.18 Å². The predicted molar refractivity (Wildman–Crippen MR) is 98.5 cm³/mol. The molecule has 1 heterocycles. The molecule has 6 heteroatoms. The number of alkyl halides is 3. The minimum atomic E-state index is -4.39. The molecule has 2 aromatic rings. The summed E-state index contributed by atoms with van der Waals surface area (Å²) in [6.07, 6.45) is -3.45. The molecule has 140 valence electrons. The van der Waals surface area contributed by atoms with Crippen molar-refractivity contribution in [3.8, 4) is 0 Å². The number of aryl methyl sites for hydroxylation is 1. The molecule has 1 N–H and O–H groups in total. The van der Waals surface area contributed by atoms with Gasteiger partial charge in [-0.15, -0.1) is 0 Å². The monoisotopic (exact) mass is 382 g/mol. The minimum absolute atomic E-state index is 0.301. The van der Waals surface area contributed by atoms with Gasteiger partial charge in [-0.05, 0) is 49.2 Å². The molecule has 0 aromatic heterocycles. The van der Waals surface area contributed by atoms with E-state index >= 15 is 0 Å². The Balaban J connectivity index is 2.11. The van der Waals surface area contributed by atoms with E-state index in [1.54, 1.807) is 0 Å². The Morgan fingerprint density at radius 1 is 1.08 bits per heavy atom. The second kappa shape index (κ2) is 7.99. The van der Waals surface area contributed by atoms with Crippen LogP contribution in [0.5, 0.6) is 0 Å². The summed E-state index contributed by atoms with van der Waals surface area (Å²) < 4.78 is 39.8. The van der Waals surface area contributed by atoms with E-state index < -0.39 is 11.7 Å². The van der Waals surface area contributed by atoms with Crippen LogP contribution >= 0.6 is 11.6 Å². The molecule has 2 nitrogen and oxygen atoms in total. The highest BCUT2D eigenvalue weighted by Gasteiger charge is 2.33. The van der Waals surface area contributed by atoms with Gasteiger partial charge in [-0.25, -0.2) is 0 Å². The summed E-state index contributed by atoms with van der Waals surface area (Å²) in [5.41, 5.74) is 1.88. The molecule has 2 aromatic carbocycles. The lowest BCUT2D eigenvalue weighted by Gasteiger charge is -2.32. The van der Waals surface area contributed by atoms with Crippen molar-refractivity contribution in [1.29, 1.82) is 0 Å². The van der Waals surface area contributed by atoms with Gasteiger partial charge in [-0.3, -0.25) is 4.90 Å². The zero-order chi connectivity index (χ0) is 18.7. The van der Waals surface area contributed by atoms with Crippen molar-refractivity contribution in [3.05, 3.63) is 69.7 Å². The highest BCUT2D eigenvalue weighted by atomic mass is 35.5. The average molecular weight is 383 g/mol. The maximum Gasteiger partial charge on any atom is 0.416 e. The maximum absolute atomic E-state index is 13.3. The molecule has 0 bridgehead atoms. The second-order valence-corrected chi connectivity index (χ2v) is 7.10. The summed E-state index contributed by atoms with van der Waals surface area (Å²) in [6, 6.07) is 11.2. The van der Waals surface area contributed by atoms with E-state index in [0.717, 1.165) is 49.8 Å². The Morgan fingerprint density at radius 2 is 1.88 bits per heavy atom. The van der Waals surface area contributed by atoms with E-state index in [1.165, 1.54) is 12.1 Å². The standard InChI is InChI=1S/C20H22ClF3N2/c1-14-4-2-5-15(12-14)19(26-10-3-8-25-9-11-26)17-13-16(20(22,23)24)6-7-18(17)21/h2,4-7,12-13,19,25H,3,8-11H2,1H3. The molecule has 26 heavy (non-hydrogen) atoms. The molecule has 0 radical (unpaired) electrons. The smallest absolute Gasteiger partial charge is 0.315 e. The Bertz CT molecular complexity index is 753. The number of nitrogens with zero attached hydrogens (tertiary/aromatic N) is 1. The molecule has 0 saturated carbocycles. The van der Waals surface area contributed by atoms with E-state index in [0.29, 0.717) is 10.6 Å². The van der Waals surface area contributed by atoms with Crippen molar-refractivity contribution in [1.82, 2.24) is 10.2 Å². The van der Waals surface area contributed by atoms with Gasteiger partial charge in [0.05, 0.1) is 11.6 Å². The molecule has 0 spiro atoms. The van der Waals surface area contributed by atoms with Crippen molar-refractivity contribution in [2.75, 3.05) is 26.2 Å². The first-order valence-corrected chi connectivity index (χ1v) is 9.12. The van der Waals surface area contributed by atoms with Crippen molar-refractivity contribution in [2.24, 2.45) is 0 Å². The topological polar surface area (TPSA) is 15.3 Å². The third kappa shape index (κ3) is 4.40. The first kappa shape index (κ1) is 19.2. The Morgan fingerprint density at radius 3 is 2.62 bits per heavy atom. The lowest BCUT2D eigenvalue weighted by Crippen LogP contribution is -2.33. The summed E-state index contributed by atoms with van der Waals surface area (Å²) >= 11 is 6.38. The van der Waals surface area contributed by atoms with E-state index in [2.05, 4.69) is 10.2 Å². The molecule has 1 unspecified atom stereocenters. The van der Waals surface area contributed by atoms with Crippen LogP contribution in [0, 0.1) is 6.92 Å². The van der Waals surface area contributed by atoms with E-state index in [1.807, 2.05) is 31.2 Å². The summed E-state index contributed by atoms with van der Waals surface area (Å²) in [5.74, 6) is 0. The van der Waals surface area contributed by atoms with Gasteiger partial charge in [-0.2, -0.15) is 13.2 Å². The fourth-order valence-corrected chi connectivity index (χ4v) is 3.70. The molecule has 1 aliphatic heterocycles. The van der Waals surface area contributed by atoms with Crippen molar-refractivity contribution in [2.45, 2.75) is 25.6 Å². The Kier molecular flexibility index (Phi) is 5.90. The van der Waals surface area contributed by atoms with E-state index in [4.69, 9.17) is 11.6 Å². The third-order valence-electron chi connectivity index (χ3n) is 4.72. The van der Waals surface area contributed by atoms with Crippen LogP contribution in [-0.4, -0.2) is 31.1 Å². The number of nitrogens with one attached hydrogen (secondary N) is 1. The number of hydrogen-bond acceptors (Lipinski definition) is 2. The summed E-state index contributed by atoms with van der Waals surface area (Å²) in [4.78, 5) is 2.22. The first-order valence-electron chi connectivity index (χ1n) is 8.74. The quantitative estimate of drug-likeness (QED) is 0.798. The van der Waals surface area contributed by atoms with Crippen LogP contribution in [0.1, 0.15) is 34.7 Å². The predicted octanol–water partition coefficient (Wildman–Crippen LogP) is 5.05. The third-order valence-corrected chi connectivity index (χ3v) is 5.06. The van der Waals surface area contributed by atoms with Gasteiger partial charge in [-0.1, -0.05) is 41.4 Å². The summed E-state index contributed by atoms with van der Waals surface area (Å²) in [6.45, 7) is 5.26. The fraction of sp³-hybridized carbons (Fsp3) is 0.400. The number of rotatable bonds is 3. The first-order chi connectivity index (χ1) is 12.4. The Hall–Kier alpha value is -1.56. The number of benzene rings is 2. The molecular formula is C20H22ClF3N2. The number of halogens is 4. The lowest BCUT2D eigenvalue weighted by atomic mass is 9.94. The van der Waals surface area contributed by atoms with Crippen LogP contribution < -0.4 is 5.32 Å². The van der Waals surface area contributed by atoms with Crippen LogP contribution in [0.15, 0.2) is 42.5 Å². The summed E-state index contributed by atoms with van der Waals surface area (Å²) in [7, 11) is 0. The molecular weight excluding hydrogens is 361 g/mol. The van der Waals surface area contributed by atoms with Crippen LogP contribution in [0.4, 0.5) is 13.2 Å². The lowest BCUT2D eigenvalue weighted by molar-refractivity contribution is -0.137. The minimum Gasteiger partial charge on any atom is -0.315 e. The highest BCUT2D eigenvalue weighted by Crippen LogP contribution is 2.38. The normalized spacial score (nSPS) is 17.7. The van der Waals surface area contributed by atoms with Gasteiger partial charge in [0.1, 0.15) is 0 Å². The molecule has 1 fully saturated rings. The van der Waals surface area contributed by atoms with E-state index in [-0.39, 0.29) is 6.04 Å². The van der Waals surface area contributed by atoms with Crippen LogP contribution in [0.25, 0.3) is 0 Å². The van der Waals surface area contributed by atoms with Crippen LogP contribution in [0.3, 0.4) is 0 Å². The molecule has 1 atom stereocenters. The van der Waals surface area contributed by atoms with Gasteiger partial charge in [0.25, 0.3) is 0 Å². The van der Waals surface area contributed by atoms with Gasteiger partial charge in [0, 0.05) is 24.7 Å². The average Bonchev–Trinajstić information content (AvgIpc) is 2.85. The highest BCUT2D eigenvalue weighted by molar-refractivity contribution is 6.31. The number of hydrogen-bond donors (Lipinski definition) is 1. The molecule has 0 aliphatic carbocycles. The molecule has 3 rings (SSSR count). The molecule has 1 saturated heterocycles. The second-order valence-electron chi connectivity index (χ2n) is 6.69. The Labute approximate surface area is 157 Å². The van der Waals surface area contributed by atoms with E-state index in [9.17, 15) is 13.2 Å². The van der Waals surface area contributed by atoms with Crippen molar-refractivity contribution < 1.29 is 13.2 Å². The zero-order valence-electron chi connectivity index (χ0n) is 14.6. The molecule has 1 aliphatic rings. The molecule has 0 amide bonds. The van der Waals surface area contributed by atoms with Crippen molar-refractivity contribution >= 4 is 11.6 Å². The zero-order valence-corrected chi connectivity index (χ0v) is 15.4. The van der Waals surface area contributed by atoms with Gasteiger partial charge in [0.2, 0.25) is 0 Å². The van der Waals surface area contributed by atoms with Crippen LogP contribution in [-0.2, 0) is 6.18 Å². The SMILES string of the molecule is Cc1cccc(C(c2cc(C(F)(F)F)ccc2Cl)N2CCCNCC2)c1. The van der Waals surface area contributed by atoms with Crippen molar-refractivity contribution in [3.63, 3.8) is 0 Å². The van der Waals surface area contributed by atoms with Crippen LogP contribution in [0.2, 0.25) is 5.02 Å². The maximum atomic E-state index is 13.3. The van der Waals surface area contributed by atoms with Gasteiger partial charge < -0.3 is 5.32 Å². The van der Waals surface area contributed by atoms with Gasteiger partial charge in [0.15, 0.2) is 0 Å². The fourth-order valence-electron chi connectivity index (χ4n) is 3.48.